The summed E-state index contributed by atoms with van der Waals surface area (Å²) in [6.45, 7) is 0.383. The molecule has 0 aliphatic heterocycles. The Morgan fingerprint density at radius 1 is 1.00 bits per heavy atom. The van der Waals surface area contributed by atoms with Crippen LogP contribution >= 0.6 is 34.8 Å². The molecule has 22 heavy (non-hydrogen) atoms. The molecule has 0 heterocycles. The summed E-state index contributed by atoms with van der Waals surface area (Å²) in [5, 5.41) is 1.23. The Hall–Kier alpha value is -1.62. The Labute approximate surface area is 142 Å². The highest BCUT2D eigenvalue weighted by Crippen LogP contribution is 2.32. The fourth-order valence-corrected chi connectivity index (χ4v) is 2.42. The zero-order valence-corrected chi connectivity index (χ0v) is 13.6. The summed E-state index contributed by atoms with van der Waals surface area (Å²) < 4.78 is 11.0. The van der Waals surface area contributed by atoms with E-state index in [-0.39, 0.29) is 18.8 Å². The van der Waals surface area contributed by atoms with Gasteiger partial charge in [-0.15, -0.1) is 0 Å². The minimum absolute atomic E-state index is 0.184. The van der Waals surface area contributed by atoms with E-state index in [0.29, 0.717) is 26.6 Å². The molecule has 0 saturated carbocycles. The number of carbonyl (C=O) groups excluding carboxylic acids is 1. The van der Waals surface area contributed by atoms with Crippen LogP contribution < -0.4 is 15.2 Å². The van der Waals surface area contributed by atoms with Crippen molar-refractivity contribution in [3.8, 4) is 11.5 Å². The lowest BCUT2D eigenvalue weighted by Crippen LogP contribution is -2.15. The van der Waals surface area contributed by atoms with Gasteiger partial charge in [0.2, 0.25) is 0 Å². The van der Waals surface area contributed by atoms with Crippen molar-refractivity contribution in [1.29, 1.82) is 0 Å². The fourth-order valence-electron chi connectivity index (χ4n) is 1.74. The SMILES string of the molecule is NC(=O)c1cc(Cl)ccc1OCCOc1c(Cl)cccc1Cl. The van der Waals surface area contributed by atoms with E-state index in [1.165, 1.54) is 6.07 Å². The lowest BCUT2D eigenvalue weighted by Gasteiger charge is -2.12. The molecule has 0 aliphatic carbocycles. The van der Waals surface area contributed by atoms with Crippen molar-refractivity contribution in [3.05, 3.63) is 57.0 Å². The van der Waals surface area contributed by atoms with E-state index in [0.717, 1.165) is 0 Å². The monoisotopic (exact) mass is 359 g/mol. The van der Waals surface area contributed by atoms with Crippen LogP contribution in [-0.4, -0.2) is 19.1 Å². The van der Waals surface area contributed by atoms with Crippen LogP contribution in [0.15, 0.2) is 36.4 Å². The van der Waals surface area contributed by atoms with E-state index >= 15 is 0 Å². The lowest BCUT2D eigenvalue weighted by molar-refractivity contribution is 0.0995. The molecule has 4 nitrogen and oxygen atoms in total. The molecular weight excluding hydrogens is 349 g/mol. The van der Waals surface area contributed by atoms with Gasteiger partial charge in [0.25, 0.3) is 5.91 Å². The van der Waals surface area contributed by atoms with Crippen LogP contribution in [0.3, 0.4) is 0 Å². The average Bonchev–Trinajstić information content (AvgIpc) is 2.47. The topological polar surface area (TPSA) is 61.6 Å². The van der Waals surface area contributed by atoms with Crippen molar-refractivity contribution < 1.29 is 14.3 Å². The number of primary amides is 1. The summed E-state index contributed by atoms with van der Waals surface area (Å²) >= 11 is 17.8. The van der Waals surface area contributed by atoms with Crippen LogP contribution in [0, 0.1) is 0 Å². The summed E-state index contributed by atoms with van der Waals surface area (Å²) in [6.07, 6.45) is 0. The zero-order chi connectivity index (χ0) is 16.1. The molecule has 2 rings (SSSR count). The second-order valence-electron chi connectivity index (χ2n) is 4.25. The number of hydrogen-bond donors (Lipinski definition) is 1. The molecule has 116 valence electrons. The first-order valence-electron chi connectivity index (χ1n) is 6.28. The Bertz CT molecular complexity index is 671. The van der Waals surface area contributed by atoms with Gasteiger partial charge in [0.1, 0.15) is 19.0 Å². The number of amides is 1. The minimum Gasteiger partial charge on any atom is -0.489 e. The van der Waals surface area contributed by atoms with Gasteiger partial charge in [-0.2, -0.15) is 0 Å². The maximum absolute atomic E-state index is 11.3. The third-order valence-electron chi connectivity index (χ3n) is 2.71. The van der Waals surface area contributed by atoms with Gasteiger partial charge in [-0.25, -0.2) is 0 Å². The van der Waals surface area contributed by atoms with E-state index in [9.17, 15) is 4.79 Å². The zero-order valence-electron chi connectivity index (χ0n) is 11.3. The van der Waals surface area contributed by atoms with E-state index in [4.69, 9.17) is 50.0 Å². The number of rotatable bonds is 6. The molecule has 2 aromatic carbocycles. The molecule has 0 atom stereocenters. The smallest absolute Gasteiger partial charge is 0.252 e. The molecule has 0 unspecified atom stereocenters. The standard InChI is InChI=1S/C15H12Cl3NO3/c16-9-4-5-13(10(8-9)15(19)20)21-6-7-22-14-11(17)2-1-3-12(14)18/h1-5,8H,6-7H2,(H2,19,20). The number of halogens is 3. The molecule has 1 amide bonds. The molecule has 0 spiro atoms. The summed E-state index contributed by atoms with van der Waals surface area (Å²) in [7, 11) is 0. The average molecular weight is 361 g/mol. The molecule has 2 N–H and O–H groups in total. The van der Waals surface area contributed by atoms with Gasteiger partial charge in [-0.05, 0) is 30.3 Å². The number of hydrogen-bond acceptors (Lipinski definition) is 3. The van der Waals surface area contributed by atoms with Crippen molar-refractivity contribution >= 4 is 40.7 Å². The van der Waals surface area contributed by atoms with Gasteiger partial charge < -0.3 is 15.2 Å². The molecule has 0 saturated heterocycles. The summed E-state index contributed by atoms with van der Waals surface area (Å²) in [6, 6.07) is 9.70. The van der Waals surface area contributed by atoms with Gasteiger partial charge in [0, 0.05) is 5.02 Å². The second-order valence-corrected chi connectivity index (χ2v) is 5.50. The van der Waals surface area contributed by atoms with E-state index < -0.39 is 5.91 Å². The number of benzene rings is 2. The lowest BCUT2D eigenvalue weighted by atomic mass is 10.2. The Kier molecular flexibility index (Phi) is 5.77. The molecule has 0 bridgehead atoms. The molecular formula is C15H12Cl3NO3. The molecule has 2 aromatic rings. The third kappa shape index (κ3) is 4.19. The largest absolute Gasteiger partial charge is 0.489 e. The van der Waals surface area contributed by atoms with Crippen molar-refractivity contribution in [2.45, 2.75) is 0 Å². The maximum atomic E-state index is 11.3. The van der Waals surface area contributed by atoms with Crippen molar-refractivity contribution in [1.82, 2.24) is 0 Å². The number of ether oxygens (including phenoxy) is 2. The van der Waals surface area contributed by atoms with Crippen LogP contribution in [0.25, 0.3) is 0 Å². The highest BCUT2D eigenvalue weighted by atomic mass is 35.5. The van der Waals surface area contributed by atoms with Crippen LogP contribution in [0.1, 0.15) is 10.4 Å². The molecule has 7 heteroatoms. The Morgan fingerprint density at radius 3 is 2.27 bits per heavy atom. The molecule has 0 fully saturated rings. The quantitative estimate of drug-likeness (QED) is 0.785. The highest BCUT2D eigenvalue weighted by Gasteiger charge is 2.11. The van der Waals surface area contributed by atoms with Crippen LogP contribution in [0.5, 0.6) is 11.5 Å². The summed E-state index contributed by atoms with van der Waals surface area (Å²) in [4.78, 5) is 11.3. The minimum atomic E-state index is -0.618. The third-order valence-corrected chi connectivity index (χ3v) is 3.54. The van der Waals surface area contributed by atoms with E-state index in [2.05, 4.69) is 0 Å². The van der Waals surface area contributed by atoms with Crippen LogP contribution in [0.2, 0.25) is 15.1 Å². The second kappa shape index (κ2) is 7.58. The highest BCUT2D eigenvalue weighted by molar-refractivity contribution is 6.37. The molecule has 0 radical (unpaired) electrons. The van der Waals surface area contributed by atoms with Crippen molar-refractivity contribution in [2.75, 3.05) is 13.2 Å². The van der Waals surface area contributed by atoms with E-state index in [1.807, 2.05) is 0 Å². The van der Waals surface area contributed by atoms with E-state index in [1.54, 1.807) is 30.3 Å². The van der Waals surface area contributed by atoms with Crippen LogP contribution in [0.4, 0.5) is 0 Å². The summed E-state index contributed by atoms with van der Waals surface area (Å²) in [5.74, 6) is 0.110. The molecule has 0 aliphatic rings. The van der Waals surface area contributed by atoms with Gasteiger partial charge >= 0.3 is 0 Å². The predicted molar refractivity (Wildman–Crippen MR) is 87.4 cm³/mol. The predicted octanol–water partition coefficient (Wildman–Crippen LogP) is 4.20. The van der Waals surface area contributed by atoms with Gasteiger partial charge in [-0.1, -0.05) is 40.9 Å². The number of nitrogens with two attached hydrogens (primary N) is 1. The van der Waals surface area contributed by atoms with Gasteiger partial charge in [0.15, 0.2) is 5.75 Å². The first-order chi connectivity index (χ1) is 10.5. The number of para-hydroxylation sites is 1. The maximum Gasteiger partial charge on any atom is 0.252 e. The van der Waals surface area contributed by atoms with Gasteiger partial charge in [0.05, 0.1) is 15.6 Å². The Balaban J connectivity index is 1.96. The Morgan fingerprint density at radius 2 is 1.64 bits per heavy atom. The van der Waals surface area contributed by atoms with Crippen molar-refractivity contribution in [2.24, 2.45) is 5.73 Å². The first kappa shape index (κ1) is 16.7. The molecule has 0 aromatic heterocycles. The summed E-state index contributed by atoms with van der Waals surface area (Å²) in [5.41, 5.74) is 5.49. The first-order valence-corrected chi connectivity index (χ1v) is 7.41. The van der Waals surface area contributed by atoms with Crippen molar-refractivity contribution in [3.63, 3.8) is 0 Å². The van der Waals surface area contributed by atoms with Crippen LogP contribution in [-0.2, 0) is 0 Å². The number of carbonyl (C=O) groups is 1. The normalized spacial score (nSPS) is 10.3. The fraction of sp³-hybridized carbons (Fsp3) is 0.133. The van der Waals surface area contributed by atoms with Gasteiger partial charge in [-0.3, -0.25) is 4.79 Å².